The zero-order valence-corrected chi connectivity index (χ0v) is 32.5. The number of sulfonamides is 2. The molecule has 0 radical (unpaired) electrons. The molecule has 0 fully saturated rings. The third-order valence-electron chi connectivity index (χ3n) is 8.04. The number of rotatable bonds is 13. The number of ether oxygens (including phenoxy) is 2. The number of hydrogen-bond acceptors (Lipinski definition) is 10. The lowest BCUT2D eigenvalue weighted by atomic mass is 9.90. The Morgan fingerprint density at radius 1 is 0.804 bits per heavy atom. The van der Waals surface area contributed by atoms with Gasteiger partial charge in [-0.05, 0) is 64.4 Å². The minimum Gasteiger partial charge on any atom is -0.459 e. The van der Waals surface area contributed by atoms with Gasteiger partial charge in [-0.25, -0.2) is 31.0 Å². The fourth-order valence-electron chi connectivity index (χ4n) is 5.29. The molecule has 0 bridgehead atoms. The summed E-state index contributed by atoms with van der Waals surface area (Å²) < 4.78 is 129. The summed E-state index contributed by atoms with van der Waals surface area (Å²) in [4.78, 5) is 27.3. The van der Waals surface area contributed by atoms with Gasteiger partial charge in [0.15, 0.2) is 20.0 Å². The van der Waals surface area contributed by atoms with Gasteiger partial charge in [0, 0.05) is 53.0 Å². The number of anilines is 1. The van der Waals surface area contributed by atoms with E-state index in [0.717, 1.165) is 74.8 Å². The maximum absolute atomic E-state index is 13.3. The van der Waals surface area contributed by atoms with Crippen LogP contribution in [-0.2, 0) is 34.3 Å². The molecule has 306 valence electrons. The van der Waals surface area contributed by atoms with E-state index in [-0.39, 0.29) is 13.2 Å². The van der Waals surface area contributed by atoms with Crippen molar-refractivity contribution in [1.82, 2.24) is 4.58 Å². The molecule has 20 heteroatoms. The molecule has 2 aromatic carbocycles. The quantitative estimate of drug-likeness (QED) is 0.0338. The predicted octanol–water partition coefficient (Wildman–Crippen LogP) is 7.20. The lowest BCUT2D eigenvalue weighted by Gasteiger charge is -2.22. The summed E-state index contributed by atoms with van der Waals surface area (Å²) in [5.41, 5.74) is -7.32. The Labute approximate surface area is 319 Å². The Balaban J connectivity index is 0.000000475. The van der Waals surface area contributed by atoms with Crippen LogP contribution < -0.4 is 14.8 Å². The first-order chi connectivity index (χ1) is 26.0. The Hall–Kier alpha value is -4.95. The molecule has 4 rings (SSSR count). The standard InChI is InChI=1S/C34H39N2O5.C2F6NO4S2/c1-7-35(8-2)24-15-17-28-30(21-24)41-31-22-25(36(9-3)10-4)16-18-29(31)32(28)26-13-11-12-14-27(26)34(38)40-20-19-39-33(37)23(5)6;3-1(4,5)14(10,11)9-15(12,13)2(6,7)8/h11-18,21-22H,5,7-10,19-20H2,1-4,6H3;/q+1;-1. The molecule has 1 aliphatic carbocycles. The van der Waals surface area contributed by atoms with Gasteiger partial charge in [0.05, 0.1) is 11.6 Å². The summed E-state index contributed by atoms with van der Waals surface area (Å²) in [5.74, 6) is -0.266. The van der Waals surface area contributed by atoms with Crippen molar-refractivity contribution in [2.24, 2.45) is 0 Å². The van der Waals surface area contributed by atoms with Gasteiger partial charge in [0.25, 0.3) is 0 Å². The van der Waals surface area contributed by atoms with E-state index in [1.165, 1.54) is 0 Å². The molecule has 56 heavy (non-hydrogen) atoms. The first-order valence-corrected chi connectivity index (χ1v) is 19.7. The van der Waals surface area contributed by atoms with E-state index in [1.54, 1.807) is 13.0 Å². The zero-order valence-electron chi connectivity index (χ0n) is 30.8. The van der Waals surface area contributed by atoms with Crippen molar-refractivity contribution in [3.8, 4) is 22.5 Å². The molecule has 0 amide bonds. The Kier molecular flexibility index (Phi) is 14.9. The maximum Gasteiger partial charge on any atom is 0.480 e. The van der Waals surface area contributed by atoms with Crippen LogP contribution in [0.25, 0.3) is 37.5 Å². The van der Waals surface area contributed by atoms with Crippen molar-refractivity contribution in [2.75, 3.05) is 44.3 Å². The fraction of sp³-hybridized carbons (Fsp3) is 0.361. The van der Waals surface area contributed by atoms with Crippen molar-refractivity contribution >= 4 is 48.6 Å². The molecule has 0 saturated carbocycles. The van der Waals surface area contributed by atoms with Crippen LogP contribution in [0.1, 0.15) is 45.0 Å². The molecular formula is C36H39F6N3O9S2. The topological polar surface area (TPSA) is 154 Å². The van der Waals surface area contributed by atoms with Gasteiger partial charge in [-0.15, -0.1) is 0 Å². The number of halogens is 6. The summed E-state index contributed by atoms with van der Waals surface area (Å²) in [6.07, 6.45) is 0. The molecule has 0 aromatic heterocycles. The number of esters is 2. The number of fused-ring (bicyclic) bond motifs is 2. The number of nitrogens with zero attached hydrogens (tertiary/aromatic N) is 3. The molecule has 0 spiro atoms. The van der Waals surface area contributed by atoms with Gasteiger partial charge in [-0.1, -0.05) is 24.8 Å². The van der Waals surface area contributed by atoms with Crippen molar-refractivity contribution in [3.05, 3.63) is 87.9 Å². The monoisotopic (exact) mass is 835 g/mol. The first kappa shape index (κ1) is 45.4. The lowest BCUT2D eigenvalue weighted by molar-refractivity contribution is -0.140. The molecular weight excluding hydrogens is 797 g/mol. The van der Waals surface area contributed by atoms with Crippen LogP contribution in [0.4, 0.5) is 32.0 Å². The van der Waals surface area contributed by atoms with E-state index in [2.05, 4.69) is 80.1 Å². The largest absolute Gasteiger partial charge is 0.480 e. The second-order valence-corrected chi connectivity index (χ2v) is 15.1. The van der Waals surface area contributed by atoms with Crippen LogP contribution in [0.15, 0.2) is 77.2 Å². The Morgan fingerprint density at radius 3 is 1.91 bits per heavy atom. The van der Waals surface area contributed by atoms with Crippen LogP contribution in [0, 0.1) is 0 Å². The molecule has 1 aliphatic heterocycles. The average molecular weight is 836 g/mol. The van der Waals surface area contributed by atoms with Crippen molar-refractivity contribution < 1.29 is 66.7 Å². The van der Waals surface area contributed by atoms with Crippen LogP contribution in [0.5, 0.6) is 0 Å². The smallest absolute Gasteiger partial charge is 0.459 e. The predicted molar refractivity (Wildman–Crippen MR) is 198 cm³/mol. The number of alkyl halides is 6. The fourth-order valence-corrected chi connectivity index (χ4v) is 7.00. The summed E-state index contributed by atoms with van der Waals surface area (Å²) in [6.45, 7) is 17.1. The molecule has 2 aliphatic rings. The summed E-state index contributed by atoms with van der Waals surface area (Å²) >= 11 is 0. The van der Waals surface area contributed by atoms with Crippen LogP contribution in [0.3, 0.4) is 0 Å². The number of benzene rings is 3. The maximum atomic E-state index is 13.3. The average Bonchev–Trinajstić information content (AvgIpc) is 3.12. The lowest BCUT2D eigenvalue weighted by Crippen LogP contribution is -2.30. The molecule has 0 unspecified atom stereocenters. The third kappa shape index (κ3) is 10.7. The summed E-state index contributed by atoms with van der Waals surface area (Å²) in [6, 6.07) is 19.9. The number of hydrogen-bond donors (Lipinski definition) is 0. The molecule has 2 aromatic rings. The number of carbonyl (C=O) groups excluding carboxylic acids is 2. The highest BCUT2D eigenvalue weighted by Gasteiger charge is 2.47. The van der Waals surface area contributed by atoms with E-state index >= 15 is 0 Å². The molecule has 0 atom stereocenters. The second-order valence-electron chi connectivity index (χ2n) is 11.7. The second kappa shape index (κ2) is 18.3. The van der Waals surface area contributed by atoms with E-state index < -0.39 is 43.0 Å². The molecule has 0 N–H and O–H groups in total. The summed E-state index contributed by atoms with van der Waals surface area (Å²) in [7, 11) is -13.4. The Bertz CT molecular complexity index is 2290. The molecule has 12 nitrogen and oxygen atoms in total. The van der Waals surface area contributed by atoms with E-state index in [4.69, 9.17) is 13.9 Å². The minimum absolute atomic E-state index is 0.0437. The van der Waals surface area contributed by atoms with Crippen molar-refractivity contribution in [1.29, 1.82) is 0 Å². The van der Waals surface area contributed by atoms with Crippen LogP contribution in [-0.4, -0.2) is 79.2 Å². The SMILES string of the molecule is C=C(C)C(=O)OCCOC(=O)c1ccccc1-c1c2ccc(=[N+](CC)CC)cc-2oc2cc(N(CC)CC)ccc12.O=S(=O)([N-]S(=O)(=O)C(F)(F)F)C(F)(F)F. The van der Waals surface area contributed by atoms with Crippen molar-refractivity contribution in [2.45, 2.75) is 45.6 Å². The van der Waals surface area contributed by atoms with E-state index in [0.29, 0.717) is 11.1 Å². The first-order valence-electron chi connectivity index (χ1n) is 16.8. The van der Waals surface area contributed by atoms with Gasteiger partial charge < -0.3 is 22.9 Å². The highest BCUT2D eigenvalue weighted by molar-refractivity contribution is 8.13. The van der Waals surface area contributed by atoms with Crippen molar-refractivity contribution in [3.63, 3.8) is 0 Å². The number of carbonyl (C=O) groups is 2. The van der Waals surface area contributed by atoms with Crippen LogP contribution >= 0.6 is 0 Å². The Morgan fingerprint density at radius 2 is 1.38 bits per heavy atom. The van der Waals surface area contributed by atoms with Crippen LogP contribution in [0.2, 0.25) is 0 Å². The van der Waals surface area contributed by atoms with E-state index in [9.17, 15) is 52.8 Å². The van der Waals surface area contributed by atoms with Gasteiger partial charge in [0.1, 0.15) is 37.6 Å². The van der Waals surface area contributed by atoms with E-state index in [1.807, 2.05) is 18.2 Å². The molecule has 1 heterocycles. The highest BCUT2D eigenvalue weighted by atomic mass is 32.3. The normalized spacial score (nSPS) is 12.1. The minimum atomic E-state index is -6.72. The molecule has 0 saturated heterocycles. The van der Waals surface area contributed by atoms with Gasteiger partial charge in [-0.2, -0.15) is 26.3 Å². The summed E-state index contributed by atoms with van der Waals surface area (Å²) in [5, 5.41) is 1.98. The highest BCUT2D eigenvalue weighted by Crippen LogP contribution is 2.42. The van der Waals surface area contributed by atoms with Gasteiger partial charge in [-0.3, -0.25) is 0 Å². The van der Waals surface area contributed by atoms with Gasteiger partial charge >= 0.3 is 23.0 Å². The third-order valence-corrected chi connectivity index (χ3v) is 10.8. The van der Waals surface area contributed by atoms with Gasteiger partial charge in [0.2, 0.25) is 5.36 Å². The zero-order chi connectivity index (χ0) is 42.2.